The van der Waals surface area contributed by atoms with Crippen LogP contribution in [0, 0.1) is 5.92 Å². The first-order valence-electron chi connectivity index (χ1n) is 4.77. The molecule has 0 aromatic carbocycles. The Balaban J connectivity index is 2.27. The third-order valence-corrected chi connectivity index (χ3v) is 2.12. The normalized spacial score (nSPS) is 28.0. The molecule has 1 heterocycles. The Morgan fingerprint density at radius 1 is 1.62 bits per heavy atom. The number of β-amino-alcohol motifs (C(OH)–C–C–N with tert-alkyl or cyclic N) is 1. The summed E-state index contributed by atoms with van der Waals surface area (Å²) in [6, 6.07) is -0.105. The molecule has 0 aromatic rings. The van der Waals surface area contributed by atoms with Gasteiger partial charge in [0, 0.05) is 19.5 Å². The van der Waals surface area contributed by atoms with Crippen LogP contribution in [0.2, 0.25) is 0 Å². The molecule has 0 spiro atoms. The average molecular weight is 186 g/mol. The highest BCUT2D eigenvalue weighted by Crippen LogP contribution is 2.02. The molecule has 4 nitrogen and oxygen atoms in total. The number of carbonyl (C=O) groups is 1. The molecule has 2 atom stereocenters. The number of hydrogen-bond acceptors (Lipinski definition) is 3. The number of carbonyl (C=O) groups excluding carboxylic acids is 1. The minimum absolute atomic E-state index is 0.0303. The van der Waals surface area contributed by atoms with E-state index < -0.39 is 6.10 Å². The molecular weight excluding hydrogens is 168 g/mol. The highest BCUT2D eigenvalue weighted by Gasteiger charge is 2.26. The standard InChI is InChI=1S/C9H18N2O2/c1-6(2)3-9(13)11-7-4-10-5-8(7)12/h6-8,10,12H,3-5H2,1-2H3,(H,11,13)/t7-,8-/m0/s1. The number of rotatable bonds is 3. The zero-order chi connectivity index (χ0) is 9.84. The maximum absolute atomic E-state index is 11.3. The van der Waals surface area contributed by atoms with Crippen LogP contribution in [0.4, 0.5) is 0 Å². The van der Waals surface area contributed by atoms with Crippen molar-refractivity contribution in [1.29, 1.82) is 0 Å². The van der Waals surface area contributed by atoms with Gasteiger partial charge in [-0.25, -0.2) is 0 Å². The van der Waals surface area contributed by atoms with Gasteiger partial charge in [0.15, 0.2) is 0 Å². The fourth-order valence-corrected chi connectivity index (χ4v) is 1.45. The van der Waals surface area contributed by atoms with E-state index >= 15 is 0 Å². The molecule has 0 aromatic heterocycles. The van der Waals surface area contributed by atoms with Gasteiger partial charge in [0.05, 0.1) is 12.1 Å². The molecule has 76 valence electrons. The zero-order valence-corrected chi connectivity index (χ0v) is 8.21. The third-order valence-electron chi connectivity index (χ3n) is 2.12. The molecule has 1 aliphatic heterocycles. The first-order valence-corrected chi connectivity index (χ1v) is 4.77. The maximum atomic E-state index is 11.3. The van der Waals surface area contributed by atoms with Crippen LogP contribution in [0.3, 0.4) is 0 Å². The largest absolute Gasteiger partial charge is 0.390 e. The average Bonchev–Trinajstić information content (AvgIpc) is 2.34. The maximum Gasteiger partial charge on any atom is 0.220 e. The number of hydrogen-bond donors (Lipinski definition) is 3. The number of nitrogens with one attached hydrogen (secondary N) is 2. The van der Waals surface area contributed by atoms with E-state index in [4.69, 9.17) is 0 Å². The summed E-state index contributed by atoms with van der Waals surface area (Å²) < 4.78 is 0. The minimum atomic E-state index is -0.434. The zero-order valence-electron chi connectivity index (χ0n) is 8.21. The SMILES string of the molecule is CC(C)CC(=O)N[C@H]1CNC[C@@H]1O. The Labute approximate surface area is 78.7 Å². The molecule has 0 aliphatic carbocycles. The summed E-state index contributed by atoms with van der Waals surface area (Å²) in [6.45, 7) is 5.25. The lowest BCUT2D eigenvalue weighted by molar-refractivity contribution is -0.123. The molecule has 1 fully saturated rings. The van der Waals surface area contributed by atoms with Gasteiger partial charge in [-0.3, -0.25) is 4.79 Å². The molecule has 1 saturated heterocycles. The van der Waals surface area contributed by atoms with Gasteiger partial charge in [0.25, 0.3) is 0 Å². The first kappa shape index (κ1) is 10.5. The van der Waals surface area contributed by atoms with Crippen LogP contribution in [0.5, 0.6) is 0 Å². The Bertz CT molecular complexity index is 182. The second kappa shape index (κ2) is 4.58. The van der Waals surface area contributed by atoms with Crippen molar-refractivity contribution in [1.82, 2.24) is 10.6 Å². The smallest absolute Gasteiger partial charge is 0.220 e. The van der Waals surface area contributed by atoms with Crippen molar-refractivity contribution in [2.24, 2.45) is 5.92 Å². The molecule has 4 heteroatoms. The number of amides is 1. The second-order valence-electron chi connectivity index (χ2n) is 4.00. The predicted octanol–water partition coefficient (Wildman–Crippen LogP) is -0.519. The monoisotopic (exact) mass is 186 g/mol. The fraction of sp³-hybridized carbons (Fsp3) is 0.889. The Hall–Kier alpha value is -0.610. The van der Waals surface area contributed by atoms with Gasteiger partial charge in [-0.05, 0) is 5.92 Å². The molecular formula is C9H18N2O2. The van der Waals surface area contributed by atoms with E-state index in [1.807, 2.05) is 13.8 Å². The molecule has 13 heavy (non-hydrogen) atoms. The summed E-state index contributed by atoms with van der Waals surface area (Å²) in [6.07, 6.45) is 0.0968. The molecule has 0 bridgehead atoms. The summed E-state index contributed by atoms with van der Waals surface area (Å²) in [5.41, 5.74) is 0. The van der Waals surface area contributed by atoms with Crippen LogP contribution in [0.15, 0.2) is 0 Å². The van der Waals surface area contributed by atoms with Crippen LogP contribution in [-0.2, 0) is 4.79 Å². The first-order chi connectivity index (χ1) is 6.09. The molecule has 0 unspecified atom stereocenters. The van der Waals surface area contributed by atoms with Crippen LogP contribution in [-0.4, -0.2) is 36.2 Å². The van der Waals surface area contributed by atoms with Gasteiger partial charge in [0.2, 0.25) is 5.91 Å². The van der Waals surface area contributed by atoms with Crippen molar-refractivity contribution in [3.63, 3.8) is 0 Å². The fourth-order valence-electron chi connectivity index (χ4n) is 1.45. The lowest BCUT2D eigenvalue weighted by Crippen LogP contribution is -2.43. The number of aliphatic hydroxyl groups excluding tert-OH is 1. The molecule has 1 rings (SSSR count). The van der Waals surface area contributed by atoms with Gasteiger partial charge in [0.1, 0.15) is 0 Å². The Kier molecular flexibility index (Phi) is 3.69. The summed E-state index contributed by atoms with van der Waals surface area (Å²) in [5, 5.41) is 15.2. The molecule has 3 N–H and O–H groups in total. The molecule has 0 saturated carbocycles. The van der Waals surface area contributed by atoms with E-state index in [-0.39, 0.29) is 11.9 Å². The highest BCUT2D eigenvalue weighted by atomic mass is 16.3. The second-order valence-corrected chi connectivity index (χ2v) is 4.00. The van der Waals surface area contributed by atoms with Crippen molar-refractivity contribution < 1.29 is 9.90 Å². The lowest BCUT2D eigenvalue weighted by Gasteiger charge is -2.16. The van der Waals surface area contributed by atoms with E-state index in [9.17, 15) is 9.90 Å². The van der Waals surface area contributed by atoms with Gasteiger partial charge >= 0.3 is 0 Å². The van der Waals surface area contributed by atoms with E-state index in [2.05, 4.69) is 10.6 Å². The quantitative estimate of drug-likeness (QED) is 0.556. The van der Waals surface area contributed by atoms with Gasteiger partial charge in [-0.15, -0.1) is 0 Å². The van der Waals surface area contributed by atoms with E-state index in [0.717, 1.165) is 0 Å². The lowest BCUT2D eigenvalue weighted by atomic mass is 10.1. The van der Waals surface area contributed by atoms with Gasteiger partial charge in [-0.2, -0.15) is 0 Å². The van der Waals surface area contributed by atoms with Crippen molar-refractivity contribution in [2.45, 2.75) is 32.4 Å². The summed E-state index contributed by atoms with van der Waals surface area (Å²) in [7, 11) is 0. The summed E-state index contributed by atoms with van der Waals surface area (Å²) >= 11 is 0. The van der Waals surface area contributed by atoms with E-state index in [1.165, 1.54) is 0 Å². The van der Waals surface area contributed by atoms with Crippen molar-refractivity contribution in [3.05, 3.63) is 0 Å². The number of aliphatic hydroxyl groups is 1. The topological polar surface area (TPSA) is 61.4 Å². The Morgan fingerprint density at radius 3 is 2.77 bits per heavy atom. The van der Waals surface area contributed by atoms with Crippen molar-refractivity contribution in [3.8, 4) is 0 Å². The summed E-state index contributed by atoms with van der Waals surface area (Å²) in [5.74, 6) is 0.397. The van der Waals surface area contributed by atoms with Crippen LogP contribution >= 0.6 is 0 Å². The van der Waals surface area contributed by atoms with Crippen molar-refractivity contribution in [2.75, 3.05) is 13.1 Å². The van der Waals surface area contributed by atoms with Crippen LogP contribution in [0.25, 0.3) is 0 Å². The predicted molar refractivity (Wildman–Crippen MR) is 50.3 cm³/mol. The highest BCUT2D eigenvalue weighted by molar-refractivity contribution is 5.76. The molecule has 1 aliphatic rings. The summed E-state index contributed by atoms with van der Waals surface area (Å²) in [4.78, 5) is 11.3. The minimum Gasteiger partial charge on any atom is -0.390 e. The van der Waals surface area contributed by atoms with Crippen LogP contribution < -0.4 is 10.6 Å². The van der Waals surface area contributed by atoms with Gasteiger partial charge in [-0.1, -0.05) is 13.8 Å². The Morgan fingerprint density at radius 2 is 2.31 bits per heavy atom. The van der Waals surface area contributed by atoms with Crippen molar-refractivity contribution >= 4 is 5.91 Å². The van der Waals surface area contributed by atoms with E-state index in [1.54, 1.807) is 0 Å². The van der Waals surface area contributed by atoms with Crippen LogP contribution in [0.1, 0.15) is 20.3 Å². The van der Waals surface area contributed by atoms with E-state index in [0.29, 0.717) is 25.4 Å². The molecule has 0 radical (unpaired) electrons. The van der Waals surface area contributed by atoms with Gasteiger partial charge < -0.3 is 15.7 Å². The third kappa shape index (κ3) is 3.32. The molecule has 1 amide bonds.